The van der Waals surface area contributed by atoms with Crippen LogP contribution in [0.3, 0.4) is 0 Å². The highest BCUT2D eigenvalue weighted by atomic mass is 16.5. The van der Waals surface area contributed by atoms with Crippen molar-refractivity contribution in [3.05, 3.63) is 41.7 Å². The molecular formula is C18H23N5O2. The van der Waals surface area contributed by atoms with Gasteiger partial charge in [0.1, 0.15) is 5.75 Å². The fourth-order valence-corrected chi connectivity index (χ4v) is 3.29. The lowest BCUT2D eigenvalue weighted by Gasteiger charge is -2.43. The van der Waals surface area contributed by atoms with Crippen molar-refractivity contribution in [2.24, 2.45) is 0 Å². The zero-order valence-corrected chi connectivity index (χ0v) is 14.6. The number of nitrogens with zero attached hydrogens (tertiary/aromatic N) is 4. The number of hydrogen-bond donors (Lipinski definition) is 1. The van der Waals surface area contributed by atoms with E-state index in [-0.39, 0.29) is 18.0 Å². The van der Waals surface area contributed by atoms with Crippen molar-refractivity contribution in [2.45, 2.75) is 37.9 Å². The van der Waals surface area contributed by atoms with Crippen LogP contribution < -0.4 is 10.1 Å². The van der Waals surface area contributed by atoms with Crippen LogP contribution in [0, 0.1) is 0 Å². The van der Waals surface area contributed by atoms with E-state index < -0.39 is 0 Å². The summed E-state index contributed by atoms with van der Waals surface area (Å²) >= 11 is 0. The fourth-order valence-electron chi connectivity index (χ4n) is 3.29. The van der Waals surface area contributed by atoms with E-state index in [9.17, 15) is 4.79 Å². The molecule has 1 aliphatic carbocycles. The first-order chi connectivity index (χ1) is 12.2. The minimum absolute atomic E-state index is 0.138. The molecule has 2 aliphatic rings. The van der Waals surface area contributed by atoms with Crippen molar-refractivity contribution in [1.29, 1.82) is 0 Å². The smallest absolute Gasteiger partial charge is 0.273 e. The lowest BCUT2D eigenvalue weighted by molar-refractivity contribution is 0.0666. The van der Waals surface area contributed by atoms with Crippen molar-refractivity contribution in [2.75, 3.05) is 20.2 Å². The van der Waals surface area contributed by atoms with Crippen LogP contribution in [0.15, 0.2) is 30.5 Å². The van der Waals surface area contributed by atoms with Gasteiger partial charge in [0, 0.05) is 24.7 Å². The molecule has 1 aromatic heterocycles. The van der Waals surface area contributed by atoms with Gasteiger partial charge in [-0.3, -0.25) is 9.69 Å². The van der Waals surface area contributed by atoms with Crippen molar-refractivity contribution in [3.8, 4) is 5.75 Å². The summed E-state index contributed by atoms with van der Waals surface area (Å²) in [5.74, 6) is 0.765. The normalized spacial score (nSPS) is 19.3. The van der Waals surface area contributed by atoms with E-state index in [4.69, 9.17) is 4.74 Å². The Hall–Kier alpha value is -2.41. The number of amides is 1. The van der Waals surface area contributed by atoms with Crippen LogP contribution in [0.2, 0.25) is 0 Å². The predicted molar refractivity (Wildman–Crippen MR) is 92.5 cm³/mol. The fraction of sp³-hybridized carbons (Fsp3) is 0.500. The van der Waals surface area contributed by atoms with E-state index in [1.54, 1.807) is 18.0 Å². The van der Waals surface area contributed by atoms with Gasteiger partial charge in [-0.25, -0.2) is 4.68 Å². The predicted octanol–water partition coefficient (Wildman–Crippen LogP) is 1.80. The number of carbonyl (C=O) groups excluding carboxylic acids is 1. The third-order valence-electron chi connectivity index (χ3n) is 5.05. The summed E-state index contributed by atoms with van der Waals surface area (Å²) in [6.45, 7) is 3.81. The van der Waals surface area contributed by atoms with Gasteiger partial charge in [0.05, 0.1) is 25.4 Å². The Labute approximate surface area is 147 Å². The van der Waals surface area contributed by atoms with E-state index in [0.29, 0.717) is 11.7 Å². The van der Waals surface area contributed by atoms with Gasteiger partial charge in [-0.05, 0) is 25.8 Å². The molecule has 1 saturated carbocycles. The maximum atomic E-state index is 12.3. The molecule has 1 atom stereocenters. The molecule has 25 heavy (non-hydrogen) atoms. The summed E-state index contributed by atoms with van der Waals surface area (Å²) in [4.78, 5) is 14.6. The lowest BCUT2D eigenvalue weighted by atomic mass is 9.99. The first-order valence-electron chi connectivity index (χ1n) is 8.75. The largest absolute Gasteiger partial charge is 0.496 e. The Morgan fingerprint density at radius 1 is 1.32 bits per heavy atom. The molecule has 4 rings (SSSR count). The summed E-state index contributed by atoms with van der Waals surface area (Å²) in [5, 5.41) is 11.1. The maximum Gasteiger partial charge on any atom is 0.273 e. The Morgan fingerprint density at radius 2 is 2.08 bits per heavy atom. The molecule has 7 heteroatoms. The summed E-state index contributed by atoms with van der Waals surface area (Å²) < 4.78 is 7.24. The van der Waals surface area contributed by atoms with Gasteiger partial charge in [0.15, 0.2) is 5.69 Å². The number of carbonyl (C=O) groups is 1. The van der Waals surface area contributed by atoms with Crippen LogP contribution in [0.4, 0.5) is 0 Å². The molecule has 0 radical (unpaired) electrons. The Bertz CT molecular complexity index is 764. The molecule has 1 amide bonds. The number of ether oxygens (including phenoxy) is 1. The average molecular weight is 341 g/mol. The highest BCUT2D eigenvalue weighted by Crippen LogP contribution is 2.34. The second-order valence-corrected chi connectivity index (χ2v) is 6.86. The van der Waals surface area contributed by atoms with Gasteiger partial charge < -0.3 is 10.1 Å². The Morgan fingerprint density at radius 3 is 2.80 bits per heavy atom. The van der Waals surface area contributed by atoms with Gasteiger partial charge >= 0.3 is 0 Å². The molecule has 1 N–H and O–H groups in total. The molecule has 132 valence electrons. The number of para-hydroxylation sites is 1. The van der Waals surface area contributed by atoms with Crippen LogP contribution in [0.25, 0.3) is 0 Å². The molecule has 2 fully saturated rings. The van der Waals surface area contributed by atoms with Crippen molar-refractivity contribution >= 4 is 5.91 Å². The van der Waals surface area contributed by atoms with E-state index in [0.717, 1.165) is 31.7 Å². The standard InChI is InChI=1S/C18H23N5O2/c1-12(15-5-3-4-6-17(15)25-2)22-9-13(10-22)19-18(24)16-11-23(21-20-16)14-7-8-14/h3-6,11-14H,7-10H2,1-2H3,(H,19,24)/t12-/m1/s1. The number of benzene rings is 1. The molecule has 2 heterocycles. The second-order valence-electron chi connectivity index (χ2n) is 6.86. The molecule has 7 nitrogen and oxygen atoms in total. The van der Waals surface area contributed by atoms with Gasteiger partial charge in [-0.15, -0.1) is 5.10 Å². The second kappa shape index (κ2) is 6.48. The molecule has 1 aromatic carbocycles. The molecule has 2 aromatic rings. The first-order valence-corrected chi connectivity index (χ1v) is 8.75. The van der Waals surface area contributed by atoms with Gasteiger partial charge in [-0.1, -0.05) is 23.4 Å². The van der Waals surface area contributed by atoms with Gasteiger partial charge in [-0.2, -0.15) is 0 Å². The average Bonchev–Trinajstić information content (AvgIpc) is 3.33. The van der Waals surface area contributed by atoms with Gasteiger partial charge in [0.2, 0.25) is 0 Å². The summed E-state index contributed by atoms with van der Waals surface area (Å²) in [7, 11) is 1.69. The van der Waals surface area contributed by atoms with E-state index in [1.165, 1.54) is 5.56 Å². The highest BCUT2D eigenvalue weighted by Gasteiger charge is 2.33. The quantitative estimate of drug-likeness (QED) is 0.867. The van der Waals surface area contributed by atoms with Crippen LogP contribution in [0.1, 0.15) is 47.9 Å². The maximum absolute atomic E-state index is 12.3. The van der Waals surface area contributed by atoms with Crippen molar-refractivity contribution in [3.63, 3.8) is 0 Å². The molecule has 1 saturated heterocycles. The number of rotatable bonds is 6. The van der Waals surface area contributed by atoms with Gasteiger partial charge in [0.25, 0.3) is 5.91 Å². The molecule has 1 aliphatic heterocycles. The first kappa shape index (κ1) is 16.1. The number of nitrogens with one attached hydrogen (secondary N) is 1. The lowest BCUT2D eigenvalue weighted by Crippen LogP contribution is -2.59. The van der Waals surface area contributed by atoms with Crippen LogP contribution in [-0.2, 0) is 0 Å². The summed E-state index contributed by atoms with van der Waals surface area (Å²) in [6.07, 6.45) is 4.01. The molecule has 0 spiro atoms. The van der Waals surface area contributed by atoms with Crippen LogP contribution >= 0.6 is 0 Å². The van der Waals surface area contributed by atoms with Crippen LogP contribution in [0.5, 0.6) is 5.75 Å². The summed E-state index contributed by atoms with van der Waals surface area (Å²) in [6, 6.07) is 8.91. The topological polar surface area (TPSA) is 72.3 Å². The number of likely N-dealkylation sites (tertiary alicyclic amines) is 1. The third kappa shape index (κ3) is 3.24. The van der Waals surface area contributed by atoms with E-state index in [2.05, 4.69) is 33.5 Å². The molecule has 0 unspecified atom stereocenters. The van der Waals surface area contributed by atoms with Crippen molar-refractivity contribution < 1.29 is 9.53 Å². The van der Waals surface area contributed by atoms with E-state index >= 15 is 0 Å². The zero-order valence-electron chi connectivity index (χ0n) is 14.6. The Kier molecular flexibility index (Phi) is 4.17. The minimum Gasteiger partial charge on any atom is -0.496 e. The minimum atomic E-state index is -0.138. The number of hydrogen-bond acceptors (Lipinski definition) is 5. The van der Waals surface area contributed by atoms with E-state index in [1.807, 2.05) is 18.2 Å². The Balaban J connectivity index is 1.31. The highest BCUT2D eigenvalue weighted by molar-refractivity contribution is 5.92. The monoisotopic (exact) mass is 341 g/mol. The molecule has 0 bridgehead atoms. The molecular weight excluding hydrogens is 318 g/mol. The van der Waals surface area contributed by atoms with Crippen molar-refractivity contribution in [1.82, 2.24) is 25.2 Å². The number of aromatic nitrogens is 3. The summed E-state index contributed by atoms with van der Waals surface area (Å²) in [5.41, 5.74) is 1.57. The SMILES string of the molecule is COc1ccccc1[C@@H](C)N1CC(NC(=O)c2cn(C3CC3)nn2)C1. The number of methoxy groups -OCH3 is 1. The third-order valence-corrected chi connectivity index (χ3v) is 5.05. The zero-order chi connectivity index (χ0) is 17.4. The van der Waals surface area contributed by atoms with Crippen LogP contribution in [-0.4, -0.2) is 52.0 Å².